The van der Waals surface area contributed by atoms with Crippen LogP contribution in [0.3, 0.4) is 0 Å². The molecule has 0 unspecified atom stereocenters. The number of hydrogen-bond acceptors (Lipinski definition) is 4. The Hall–Kier alpha value is -1.02. The van der Waals surface area contributed by atoms with Crippen molar-refractivity contribution in [2.24, 2.45) is 0 Å². The second-order valence-electron chi connectivity index (χ2n) is 3.86. The summed E-state index contributed by atoms with van der Waals surface area (Å²) in [5.41, 5.74) is 0.170. The lowest BCUT2D eigenvalue weighted by Gasteiger charge is -2.18. The smallest absolute Gasteiger partial charge is 0.306 e. The van der Waals surface area contributed by atoms with Crippen LogP contribution in [0, 0.1) is 0 Å². The lowest BCUT2D eigenvalue weighted by molar-refractivity contribution is -0.140. The highest BCUT2D eigenvalue weighted by Crippen LogP contribution is 2.30. The van der Waals surface area contributed by atoms with Crippen molar-refractivity contribution in [3.63, 3.8) is 0 Å². The molecule has 0 aliphatic carbocycles. The van der Waals surface area contributed by atoms with Gasteiger partial charge < -0.3 is 4.74 Å². The predicted octanol–water partition coefficient (Wildman–Crippen LogP) is 2.14. The van der Waals surface area contributed by atoms with E-state index in [2.05, 4.69) is 9.46 Å². The first-order chi connectivity index (χ1) is 9.27. The van der Waals surface area contributed by atoms with Gasteiger partial charge in [-0.15, -0.1) is 0 Å². The molecular formula is C11H14Cl2N2O4S. The van der Waals surface area contributed by atoms with Gasteiger partial charge >= 0.3 is 16.2 Å². The Kier molecular flexibility index (Phi) is 6.07. The number of anilines is 1. The summed E-state index contributed by atoms with van der Waals surface area (Å²) < 4.78 is 31.8. The Balaban J connectivity index is 2.79. The molecular weight excluding hydrogens is 327 g/mol. The van der Waals surface area contributed by atoms with Crippen LogP contribution in [0.4, 0.5) is 5.69 Å². The van der Waals surface area contributed by atoms with Gasteiger partial charge in [0.15, 0.2) is 0 Å². The number of methoxy groups -OCH3 is 1. The molecule has 0 amide bonds. The van der Waals surface area contributed by atoms with E-state index in [-0.39, 0.29) is 28.7 Å². The zero-order valence-electron chi connectivity index (χ0n) is 10.9. The minimum atomic E-state index is -3.82. The molecule has 0 bridgehead atoms. The highest BCUT2D eigenvalue weighted by molar-refractivity contribution is 7.90. The number of nitrogens with one attached hydrogen (secondary N) is 1. The van der Waals surface area contributed by atoms with Crippen molar-refractivity contribution >= 4 is 45.1 Å². The number of carbonyl (C=O) groups excluding carboxylic acids is 1. The second-order valence-corrected chi connectivity index (χ2v) is 6.42. The molecule has 0 saturated carbocycles. The number of benzene rings is 1. The summed E-state index contributed by atoms with van der Waals surface area (Å²) in [6.45, 7) is -0.0137. The third-order valence-electron chi connectivity index (χ3n) is 2.46. The van der Waals surface area contributed by atoms with Gasteiger partial charge in [-0.25, -0.2) is 0 Å². The van der Waals surface area contributed by atoms with Gasteiger partial charge in [0.25, 0.3) is 0 Å². The molecule has 0 aliphatic heterocycles. The molecule has 0 atom stereocenters. The van der Waals surface area contributed by atoms with Crippen LogP contribution in [0.15, 0.2) is 18.2 Å². The second kappa shape index (κ2) is 7.12. The lowest BCUT2D eigenvalue weighted by Crippen LogP contribution is -2.34. The number of nitrogens with zero attached hydrogens (tertiary/aromatic N) is 1. The van der Waals surface area contributed by atoms with Gasteiger partial charge in [-0.05, 0) is 12.1 Å². The summed E-state index contributed by atoms with van der Waals surface area (Å²) in [7, 11) is -1.25. The van der Waals surface area contributed by atoms with Crippen LogP contribution in [-0.2, 0) is 19.7 Å². The quantitative estimate of drug-likeness (QED) is 0.805. The van der Waals surface area contributed by atoms with Gasteiger partial charge in [-0.3, -0.25) is 9.52 Å². The minimum Gasteiger partial charge on any atom is -0.469 e. The van der Waals surface area contributed by atoms with Crippen molar-refractivity contribution in [3.05, 3.63) is 28.2 Å². The van der Waals surface area contributed by atoms with Gasteiger partial charge in [0.1, 0.15) is 0 Å². The van der Waals surface area contributed by atoms with E-state index in [1.807, 2.05) is 0 Å². The fourth-order valence-corrected chi connectivity index (χ4v) is 2.61. The van der Waals surface area contributed by atoms with Crippen molar-refractivity contribution in [2.75, 3.05) is 25.4 Å². The maximum Gasteiger partial charge on any atom is 0.306 e. The first kappa shape index (κ1) is 17.0. The number of rotatable bonds is 6. The fourth-order valence-electron chi connectivity index (χ4n) is 1.27. The average molecular weight is 341 g/mol. The summed E-state index contributed by atoms with van der Waals surface area (Å²) in [6, 6.07) is 4.60. The van der Waals surface area contributed by atoms with Crippen LogP contribution in [0.5, 0.6) is 0 Å². The predicted molar refractivity (Wildman–Crippen MR) is 78.3 cm³/mol. The molecule has 0 saturated heterocycles. The zero-order valence-corrected chi connectivity index (χ0v) is 13.2. The van der Waals surface area contributed by atoms with E-state index < -0.39 is 16.2 Å². The van der Waals surface area contributed by atoms with E-state index >= 15 is 0 Å². The van der Waals surface area contributed by atoms with Crippen LogP contribution >= 0.6 is 23.2 Å². The van der Waals surface area contributed by atoms with Crippen molar-refractivity contribution in [1.82, 2.24) is 4.31 Å². The minimum absolute atomic E-state index is 0.0137. The molecule has 1 aromatic rings. The molecule has 20 heavy (non-hydrogen) atoms. The number of halogens is 2. The number of carbonyl (C=O) groups is 1. The first-order valence-electron chi connectivity index (χ1n) is 5.53. The number of hydrogen-bond donors (Lipinski definition) is 1. The van der Waals surface area contributed by atoms with Crippen LogP contribution in [0.2, 0.25) is 10.0 Å². The maximum absolute atomic E-state index is 12.0. The Morgan fingerprint density at radius 1 is 1.40 bits per heavy atom. The van der Waals surface area contributed by atoms with Gasteiger partial charge in [0.05, 0.1) is 29.3 Å². The third kappa shape index (κ3) is 4.52. The standard InChI is InChI=1S/C11H14Cl2N2O4S/c1-15(7-6-10(16)19-2)20(17,18)14-9-5-3-4-8(12)11(9)13/h3-5,14H,6-7H2,1-2H3. The van der Waals surface area contributed by atoms with E-state index in [0.717, 1.165) is 4.31 Å². The number of esters is 1. The Morgan fingerprint density at radius 2 is 2.05 bits per heavy atom. The lowest BCUT2D eigenvalue weighted by atomic mass is 10.3. The molecule has 1 N–H and O–H groups in total. The summed E-state index contributed by atoms with van der Waals surface area (Å²) in [6.07, 6.45) is -0.0445. The van der Waals surface area contributed by atoms with Crippen LogP contribution in [0.1, 0.15) is 6.42 Å². The molecule has 6 nitrogen and oxygen atoms in total. The molecule has 0 heterocycles. The molecule has 0 aromatic heterocycles. The molecule has 0 aliphatic rings. The van der Waals surface area contributed by atoms with Gasteiger partial charge in [0.2, 0.25) is 0 Å². The largest absolute Gasteiger partial charge is 0.469 e. The van der Waals surface area contributed by atoms with Crippen LogP contribution in [0.25, 0.3) is 0 Å². The van der Waals surface area contributed by atoms with E-state index in [4.69, 9.17) is 23.2 Å². The normalized spacial score (nSPS) is 11.4. The molecule has 0 spiro atoms. The zero-order chi connectivity index (χ0) is 15.3. The van der Waals surface area contributed by atoms with E-state index in [0.29, 0.717) is 0 Å². The Morgan fingerprint density at radius 3 is 2.65 bits per heavy atom. The Labute approximate surface area is 127 Å². The molecule has 112 valence electrons. The molecule has 0 fully saturated rings. The van der Waals surface area contributed by atoms with E-state index in [1.54, 1.807) is 12.1 Å². The highest BCUT2D eigenvalue weighted by Gasteiger charge is 2.20. The van der Waals surface area contributed by atoms with Crippen molar-refractivity contribution in [3.8, 4) is 0 Å². The third-order valence-corrected chi connectivity index (χ3v) is 4.76. The van der Waals surface area contributed by atoms with Crippen molar-refractivity contribution in [2.45, 2.75) is 6.42 Å². The van der Waals surface area contributed by atoms with Crippen LogP contribution in [-0.4, -0.2) is 39.4 Å². The first-order valence-corrected chi connectivity index (χ1v) is 7.72. The van der Waals surface area contributed by atoms with Crippen molar-refractivity contribution in [1.29, 1.82) is 0 Å². The van der Waals surface area contributed by atoms with Crippen LogP contribution < -0.4 is 4.72 Å². The monoisotopic (exact) mass is 340 g/mol. The van der Waals surface area contributed by atoms with Gasteiger partial charge in [-0.2, -0.15) is 12.7 Å². The molecule has 9 heteroatoms. The van der Waals surface area contributed by atoms with E-state index in [9.17, 15) is 13.2 Å². The number of ether oxygens (including phenoxy) is 1. The Bertz CT molecular complexity index is 592. The van der Waals surface area contributed by atoms with E-state index in [1.165, 1.54) is 20.2 Å². The highest BCUT2D eigenvalue weighted by atomic mass is 35.5. The summed E-state index contributed by atoms with van der Waals surface area (Å²) in [5.74, 6) is -0.493. The summed E-state index contributed by atoms with van der Waals surface area (Å²) in [5, 5.41) is 0.350. The summed E-state index contributed by atoms with van der Waals surface area (Å²) in [4.78, 5) is 11.0. The topological polar surface area (TPSA) is 75.7 Å². The van der Waals surface area contributed by atoms with Gasteiger partial charge in [-0.1, -0.05) is 29.3 Å². The van der Waals surface area contributed by atoms with Crippen molar-refractivity contribution < 1.29 is 17.9 Å². The fraction of sp³-hybridized carbons (Fsp3) is 0.364. The average Bonchev–Trinajstić information content (AvgIpc) is 2.40. The van der Waals surface area contributed by atoms with Gasteiger partial charge in [0, 0.05) is 13.6 Å². The summed E-state index contributed by atoms with van der Waals surface area (Å²) >= 11 is 11.7. The molecule has 1 aromatic carbocycles. The molecule has 1 rings (SSSR count). The maximum atomic E-state index is 12.0. The SMILES string of the molecule is COC(=O)CCN(C)S(=O)(=O)Nc1cccc(Cl)c1Cl. The molecule has 0 radical (unpaired) electrons.